The van der Waals surface area contributed by atoms with Gasteiger partial charge in [0.1, 0.15) is 6.54 Å². The lowest BCUT2D eigenvalue weighted by Gasteiger charge is -2.31. The summed E-state index contributed by atoms with van der Waals surface area (Å²) in [4.78, 5) is 12.7. The molecular formula is C14H16F5NO. The van der Waals surface area contributed by atoms with E-state index in [1.807, 2.05) is 0 Å². The van der Waals surface area contributed by atoms with E-state index in [4.69, 9.17) is 0 Å². The van der Waals surface area contributed by atoms with Crippen molar-refractivity contribution in [2.45, 2.75) is 38.9 Å². The Hall–Kier alpha value is -1.66. The van der Waals surface area contributed by atoms with E-state index < -0.39 is 41.9 Å². The summed E-state index contributed by atoms with van der Waals surface area (Å²) in [6.07, 6.45) is -4.04. The Morgan fingerprint density at radius 1 is 1.19 bits per heavy atom. The zero-order valence-electron chi connectivity index (χ0n) is 11.7. The van der Waals surface area contributed by atoms with Crippen LogP contribution < -0.4 is 0 Å². The van der Waals surface area contributed by atoms with E-state index in [0.717, 1.165) is 18.2 Å². The minimum Gasteiger partial charge on any atom is -0.326 e. The monoisotopic (exact) mass is 309 g/mol. The molecule has 0 bridgehead atoms. The average molecular weight is 309 g/mol. The molecule has 0 N–H and O–H groups in total. The molecule has 0 radical (unpaired) electrons. The Labute approximate surface area is 119 Å². The Bertz CT molecular complexity index is 497. The van der Waals surface area contributed by atoms with E-state index in [1.165, 1.54) is 0 Å². The first-order valence-corrected chi connectivity index (χ1v) is 6.53. The number of carbonyl (C=O) groups excluding carboxylic acids is 1. The van der Waals surface area contributed by atoms with E-state index in [9.17, 15) is 26.7 Å². The van der Waals surface area contributed by atoms with Crippen molar-refractivity contribution in [2.24, 2.45) is 0 Å². The van der Waals surface area contributed by atoms with Gasteiger partial charge >= 0.3 is 6.18 Å². The van der Waals surface area contributed by atoms with Crippen molar-refractivity contribution >= 4 is 5.91 Å². The lowest BCUT2D eigenvalue weighted by molar-refractivity contribution is -0.145. The van der Waals surface area contributed by atoms with Crippen LogP contribution in [-0.4, -0.2) is 29.6 Å². The summed E-state index contributed by atoms with van der Waals surface area (Å²) >= 11 is 0. The lowest BCUT2D eigenvalue weighted by Crippen LogP contribution is -2.45. The van der Waals surface area contributed by atoms with Crippen molar-refractivity contribution in [3.05, 3.63) is 35.4 Å². The number of carbonyl (C=O) groups is 1. The van der Waals surface area contributed by atoms with Crippen molar-refractivity contribution in [3.63, 3.8) is 0 Å². The Morgan fingerprint density at radius 2 is 1.76 bits per heavy atom. The van der Waals surface area contributed by atoms with Gasteiger partial charge in [-0.15, -0.1) is 0 Å². The molecule has 0 spiro atoms. The van der Waals surface area contributed by atoms with E-state index in [0.29, 0.717) is 4.90 Å². The van der Waals surface area contributed by atoms with Gasteiger partial charge in [-0.25, -0.2) is 8.78 Å². The van der Waals surface area contributed by atoms with Crippen molar-refractivity contribution in [3.8, 4) is 0 Å². The number of halogens is 5. The number of rotatable bonds is 5. The van der Waals surface area contributed by atoms with Crippen LogP contribution >= 0.6 is 0 Å². The van der Waals surface area contributed by atoms with Gasteiger partial charge in [-0.3, -0.25) is 4.79 Å². The van der Waals surface area contributed by atoms with Crippen molar-refractivity contribution in [1.82, 2.24) is 4.90 Å². The number of hydrogen-bond acceptors (Lipinski definition) is 1. The summed E-state index contributed by atoms with van der Waals surface area (Å²) in [6, 6.07) is 2.18. The molecule has 0 saturated carbocycles. The normalized spacial score (nSPS) is 11.8. The van der Waals surface area contributed by atoms with Crippen LogP contribution in [0.4, 0.5) is 22.0 Å². The summed E-state index contributed by atoms with van der Waals surface area (Å²) in [5, 5.41) is 0. The summed E-state index contributed by atoms with van der Waals surface area (Å²) in [6.45, 7) is 1.77. The predicted molar refractivity (Wildman–Crippen MR) is 67.8 cm³/mol. The third-order valence-electron chi connectivity index (χ3n) is 3.18. The van der Waals surface area contributed by atoms with Gasteiger partial charge in [0.15, 0.2) is 11.6 Å². The second-order valence-electron chi connectivity index (χ2n) is 4.62. The fourth-order valence-electron chi connectivity index (χ4n) is 2.11. The minimum atomic E-state index is -4.61. The van der Waals surface area contributed by atoms with Crippen LogP contribution in [0.1, 0.15) is 37.0 Å². The maximum Gasteiger partial charge on any atom is 0.406 e. The van der Waals surface area contributed by atoms with Gasteiger partial charge in [0.05, 0.1) is 5.56 Å². The molecular weight excluding hydrogens is 293 g/mol. The average Bonchev–Trinajstić information content (AvgIpc) is 2.40. The summed E-state index contributed by atoms with van der Waals surface area (Å²) in [7, 11) is 0. The number of hydrogen-bond donors (Lipinski definition) is 0. The highest BCUT2D eigenvalue weighted by molar-refractivity contribution is 5.94. The smallest absolute Gasteiger partial charge is 0.326 e. The maximum atomic E-state index is 13.6. The molecule has 0 unspecified atom stereocenters. The molecule has 21 heavy (non-hydrogen) atoms. The topological polar surface area (TPSA) is 20.3 Å². The second kappa shape index (κ2) is 6.87. The van der Waals surface area contributed by atoms with Crippen LogP contribution in [0.25, 0.3) is 0 Å². The van der Waals surface area contributed by atoms with Crippen molar-refractivity contribution in [1.29, 1.82) is 0 Å². The fourth-order valence-corrected chi connectivity index (χ4v) is 2.11. The largest absolute Gasteiger partial charge is 0.406 e. The maximum absolute atomic E-state index is 13.6. The predicted octanol–water partition coefficient (Wildman–Crippen LogP) is 4.16. The number of amides is 1. The molecule has 1 aromatic rings. The van der Waals surface area contributed by atoms with Crippen LogP contribution in [0, 0.1) is 11.6 Å². The lowest BCUT2D eigenvalue weighted by atomic mass is 10.1. The molecule has 0 aromatic heterocycles. The molecule has 1 amide bonds. The fraction of sp³-hybridized carbons (Fsp3) is 0.500. The molecule has 0 atom stereocenters. The van der Waals surface area contributed by atoms with Crippen LogP contribution in [0.5, 0.6) is 0 Å². The highest BCUT2D eigenvalue weighted by atomic mass is 19.4. The highest BCUT2D eigenvalue weighted by Crippen LogP contribution is 2.23. The third kappa shape index (κ3) is 4.41. The number of alkyl halides is 3. The second-order valence-corrected chi connectivity index (χ2v) is 4.62. The summed E-state index contributed by atoms with van der Waals surface area (Å²) in [5.74, 6) is -3.85. The van der Waals surface area contributed by atoms with Crippen molar-refractivity contribution < 1.29 is 26.7 Å². The van der Waals surface area contributed by atoms with E-state index >= 15 is 0 Å². The molecule has 0 fully saturated rings. The molecule has 7 heteroatoms. The molecule has 0 aliphatic carbocycles. The standard InChI is InChI=1S/C14H16F5NO/c1-3-9(4-2)20(8-14(17,18)19)13(21)10-6-5-7-11(15)12(10)16/h5-7,9H,3-4,8H2,1-2H3. The van der Waals surface area contributed by atoms with Gasteiger partial charge in [-0.2, -0.15) is 13.2 Å². The Morgan fingerprint density at radius 3 is 2.24 bits per heavy atom. The molecule has 0 saturated heterocycles. The van der Waals surface area contributed by atoms with Crippen molar-refractivity contribution in [2.75, 3.05) is 6.54 Å². The van der Waals surface area contributed by atoms with Gasteiger partial charge in [0.2, 0.25) is 0 Å². The van der Waals surface area contributed by atoms with Crippen LogP contribution in [0.2, 0.25) is 0 Å². The summed E-state index contributed by atoms with van der Waals surface area (Å²) in [5.41, 5.74) is -0.689. The van der Waals surface area contributed by atoms with E-state index in [2.05, 4.69) is 0 Å². The number of benzene rings is 1. The zero-order valence-corrected chi connectivity index (χ0v) is 11.7. The molecule has 1 aromatic carbocycles. The molecule has 2 nitrogen and oxygen atoms in total. The Balaban J connectivity index is 3.18. The third-order valence-corrected chi connectivity index (χ3v) is 3.18. The number of nitrogens with zero attached hydrogens (tertiary/aromatic N) is 1. The van der Waals surface area contributed by atoms with Crippen LogP contribution in [0.3, 0.4) is 0 Å². The van der Waals surface area contributed by atoms with E-state index in [1.54, 1.807) is 13.8 Å². The zero-order chi connectivity index (χ0) is 16.2. The molecule has 0 aliphatic rings. The SMILES string of the molecule is CCC(CC)N(CC(F)(F)F)C(=O)c1cccc(F)c1F. The quantitative estimate of drug-likeness (QED) is 0.748. The molecule has 0 heterocycles. The molecule has 0 aliphatic heterocycles. The van der Waals surface area contributed by atoms with Crippen LogP contribution in [0.15, 0.2) is 18.2 Å². The molecule has 118 valence electrons. The minimum absolute atomic E-state index is 0.287. The van der Waals surface area contributed by atoms with Gasteiger partial charge in [0, 0.05) is 6.04 Å². The summed E-state index contributed by atoms with van der Waals surface area (Å²) < 4.78 is 64.6. The van der Waals surface area contributed by atoms with Gasteiger partial charge in [-0.1, -0.05) is 19.9 Å². The van der Waals surface area contributed by atoms with Gasteiger partial charge in [0.25, 0.3) is 5.91 Å². The Kier molecular flexibility index (Phi) is 5.69. The van der Waals surface area contributed by atoms with Gasteiger partial charge in [-0.05, 0) is 25.0 Å². The van der Waals surface area contributed by atoms with E-state index in [-0.39, 0.29) is 12.8 Å². The first kappa shape index (κ1) is 17.4. The van der Waals surface area contributed by atoms with Crippen LogP contribution in [-0.2, 0) is 0 Å². The molecule has 1 rings (SSSR count). The van der Waals surface area contributed by atoms with Gasteiger partial charge < -0.3 is 4.90 Å². The highest BCUT2D eigenvalue weighted by Gasteiger charge is 2.36. The first-order chi connectivity index (χ1) is 9.71. The first-order valence-electron chi connectivity index (χ1n) is 6.53.